The number of aromatic nitrogens is 3. The van der Waals surface area contributed by atoms with Crippen LogP contribution >= 0.6 is 0 Å². The normalized spacial score (nSPS) is 17.6. The average Bonchev–Trinajstić information content (AvgIpc) is 2.94. The molecule has 2 aromatic heterocycles. The van der Waals surface area contributed by atoms with Crippen LogP contribution in [0.1, 0.15) is 29.5 Å². The highest BCUT2D eigenvalue weighted by Gasteiger charge is 2.26. The number of rotatable bonds is 5. The number of carbonyl (C=O) groups is 1. The SMILES string of the molecule is CCOCCC1CN(C(=O)c2cnccn2)Cc2cccn2C1. The molecule has 1 amide bonds. The van der Waals surface area contributed by atoms with Gasteiger partial charge in [0.25, 0.3) is 5.91 Å². The van der Waals surface area contributed by atoms with Crippen LogP contribution in [-0.2, 0) is 17.8 Å². The Hall–Kier alpha value is -2.21. The summed E-state index contributed by atoms with van der Waals surface area (Å²) in [5.74, 6) is 0.310. The lowest BCUT2D eigenvalue weighted by atomic mass is 10.1. The summed E-state index contributed by atoms with van der Waals surface area (Å²) < 4.78 is 7.73. The van der Waals surface area contributed by atoms with E-state index in [1.807, 2.05) is 17.9 Å². The predicted molar refractivity (Wildman–Crippen MR) is 85.8 cm³/mol. The van der Waals surface area contributed by atoms with Gasteiger partial charge in [0, 0.05) is 50.6 Å². The Morgan fingerprint density at radius 1 is 1.39 bits per heavy atom. The zero-order chi connectivity index (χ0) is 16.1. The van der Waals surface area contributed by atoms with Gasteiger partial charge in [0.15, 0.2) is 0 Å². The smallest absolute Gasteiger partial charge is 0.274 e. The molecule has 23 heavy (non-hydrogen) atoms. The first kappa shape index (κ1) is 15.7. The van der Waals surface area contributed by atoms with Crippen LogP contribution in [0.3, 0.4) is 0 Å². The van der Waals surface area contributed by atoms with Crippen LogP contribution in [0.15, 0.2) is 36.9 Å². The summed E-state index contributed by atoms with van der Waals surface area (Å²) >= 11 is 0. The zero-order valence-electron chi connectivity index (χ0n) is 13.4. The lowest BCUT2D eigenvalue weighted by molar-refractivity contribution is 0.0688. The molecule has 1 atom stereocenters. The highest BCUT2D eigenvalue weighted by atomic mass is 16.5. The fourth-order valence-electron chi connectivity index (χ4n) is 2.98. The molecular weight excluding hydrogens is 292 g/mol. The molecule has 0 bridgehead atoms. The second kappa shape index (κ2) is 7.37. The van der Waals surface area contributed by atoms with E-state index < -0.39 is 0 Å². The van der Waals surface area contributed by atoms with Crippen molar-refractivity contribution in [3.8, 4) is 0 Å². The van der Waals surface area contributed by atoms with Gasteiger partial charge in [0.05, 0.1) is 12.7 Å². The maximum Gasteiger partial charge on any atom is 0.274 e. The van der Waals surface area contributed by atoms with E-state index in [0.29, 0.717) is 24.7 Å². The summed E-state index contributed by atoms with van der Waals surface area (Å²) in [4.78, 5) is 22.8. The minimum atomic E-state index is -0.0610. The van der Waals surface area contributed by atoms with E-state index in [1.165, 1.54) is 6.20 Å². The molecule has 0 spiro atoms. The second-order valence-corrected chi connectivity index (χ2v) is 5.78. The third kappa shape index (κ3) is 3.76. The molecule has 6 nitrogen and oxygen atoms in total. The Morgan fingerprint density at radius 2 is 2.30 bits per heavy atom. The second-order valence-electron chi connectivity index (χ2n) is 5.78. The molecule has 1 aliphatic rings. The molecule has 0 saturated heterocycles. The third-order valence-electron chi connectivity index (χ3n) is 4.15. The first-order chi connectivity index (χ1) is 11.3. The molecule has 1 aliphatic heterocycles. The van der Waals surface area contributed by atoms with Crippen LogP contribution in [0.4, 0.5) is 0 Å². The van der Waals surface area contributed by atoms with E-state index >= 15 is 0 Å². The molecule has 0 saturated carbocycles. The molecule has 122 valence electrons. The topological polar surface area (TPSA) is 60.2 Å². The fourth-order valence-corrected chi connectivity index (χ4v) is 2.98. The van der Waals surface area contributed by atoms with Gasteiger partial charge in [-0.05, 0) is 31.4 Å². The molecule has 1 unspecified atom stereocenters. The van der Waals surface area contributed by atoms with Crippen LogP contribution in [0.25, 0.3) is 0 Å². The van der Waals surface area contributed by atoms with Crippen molar-refractivity contribution in [1.29, 1.82) is 0 Å². The molecule has 6 heteroatoms. The lowest BCUT2D eigenvalue weighted by Gasteiger charge is -2.23. The maximum atomic E-state index is 12.7. The molecule has 0 aromatic carbocycles. The van der Waals surface area contributed by atoms with E-state index in [4.69, 9.17) is 4.74 Å². The van der Waals surface area contributed by atoms with Crippen LogP contribution in [-0.4, -0.2) is 45.1 Å². The first-order valence-electron chi connectivity index (χ1n) is 8.05. The fraction of sp³-hybridized carbons (Fsp3) is 0.471. The van der Waals surface area contributed by atoms with Gasteiger partial charge in [-0.15, -0.1) is 0 Å². The van der Waals surface area contributed by atoms with Crippen molar-refractivity contribution in [3.05, 3.63) is 48.3 Å². The predicted octanol–water partition coefficient (Wildman–Crippen LogP) is 1.98. The van der Waals surface area contributed by atoms with Crippen molar-refractivity contribution in [2.24, 2.45) is 5.92 Å². The lowest BCUT2D eigenvalue weighted by Crippen LogP contribution is -2.34. The Balaban J connectivity index is 1.77. The number of fused-ring (bicyclic) bond motifs is 1. The molecule has 3 rings (SSSR count). The van der Waals surface area contributed by atoms with Crippen molar-refractivity contribution in [3.63, 3.8) is 0 Å². The highest BCUT2D eigenvalue weighted by Crippen LogP contribution is 2.20. The van der Waals surface area contributed by atoms with E-state index in [0.717, 1.165) is 31.9 Å². The number of amides is 1. The third-order valence-corrected chi connectivity index (χ3v) is 4.15. The van der Waals surface area contributed by atoms with Crippen LogP contribution in [0, 0.1) is 5.92 Å². The number of ether oxygens (including phenoxy) is 1. The largest absolute Gasteiger partial charge is 0.382 e. The number of hydrogen-bond acceptors (Lipinski definition) is 4. The van der Waals surface area contributed by atoms with Crippen molar-refractivity contribution in [2.45, 2.75) is 26.4 Å². The van der Waals surface area contributed by atoms with Gasteiger partial charge in [0.2, 0.25) is 0 Å². The minimum Gasteiger partial charge on any atom is -0.382 e. The molecular formula is C17H22N4O2. The van der Waals surface area contributed by atoms with Gasteiger partial charge in [-0.3, -0.25) is 9.78 Å². The van der Waals surface area contributed by atoms with Gasteiger partial charge < -0.3 is 14.2 Å². The molecule has 0 radical (unpaired) electrons. The highest BCUT2D eigenvalue weighted by molar-refractivity contribution is 5.91. The van der Waals surface area contributed by atoms with E-state index in [1.54, 1.807) is 12.4 Å². The Labute approximate surface area is 136 Å². The summed E-state index contributed by atoms with van der Waals surface area (Å²) in [6.07, 6.45) is 7.69. The van der Waals surface area contributed by atoms with Gasteiger partial charge in [0.1, 0.15) is 5.69 Å². The molecule has 3 heterocycles. The standard InChI is InChI=1S/C17H22N4O2/c1-2-23-9-5-14-11-20-8-3-4-15(20)13-21(12-14)17(22)16-10-18-6-7-19-16/h3-4,6-8,10,14H,2,5,9,11-13H2,1H3. The average molecular weight is 314 g/mol. The van der Waals surface area contributed by atoms with Gasteiger partial charge in [-0.1, -0.05) is 0 Å². The Kier molecular flexibility index (Phi) is 5.02. The van der Waals surface area contributed by atoms with Crippen LogP contribution < -0.4 is 0 Å². The van der Waals surface area contributed by atoms with Gasteiger partial charge in [-0.25, -0.2) is 4.98 Å². The quantitative estimate of drug-likeness (QED) is 0.792. The maximum absolute atomic E-state index is 12.7. The van der Waals surface area contributed by atoms with Gasteiger partial charge in [-0.2, -0.15) is 0 Å². The monoisotopic (exact) mass is 314 g/mol. The molecule has 0 aliphatic carbocycles. The molecule has 0 fully saturated rings. The number of nitrogens with zero attached hydrogens (tertiary/aromatic N) is 4. The number of carbonyl (C=O) groups excluding carboxylic acids is 1. The summed E-state index contributed by atoms with van der Waals surface area (Å²) in [6, 6.07) is 4.10. The van der Waals surface area contributed by atoms with Gasteiger partial charge >= 0.3 is 0 Å². The van der Waals surface area contributed by atoms with Crippen molar-refractivity contribution >= 4 is 5.91 Å². The first-order valence-corrected chi connectivity index (χ1v) is 8.05. The zero-order valence-corrected chi connectivity index (χ0v) is 13.4. The van der Waals surface area contributed by atoms with E-state index in [9.17, 15) is 4.79 Å². The van der Waals surface area contributed by atoms with E-state index in [2.05, 4.69) is 26.8 Å². The van der Waals surface area contributed by atoms with Crippen LogP contribution in [0.5, 0.6) is 0 Å². The summed E-state index contributed by atoms with van der Waals surface area (Å²) in [5, 5.41) is 0. The van der Waals surface area contributed by atoms with Crippen molar-refractivity contribution in [1.82, 2.24) is 19.4 Å². The van der Waals surface area contributed by atoms with Crippen molar-refractivity contribution < 1.29 is 9.53 Å². The number of hydrogen-bond donors (Lipinski definition) is 0. The summed E-state index contributed by atoms with van der Waals surface area (Å²) in [5.41, 5.74) is 1.55. The summed E-state index contributed by atoms with van der Waals surface area (Å²) in [7, 11) is 0. The van der Waals surface area contributed by atoms with E-state index in [-0.39, 0.29) is 5.91 Å². The summed E-state index contributed by atoms with van der Waals surface area (Å²) in [6.45, 7) is 5.69. The van der Waals surface area contributed by atoms with Crippen molar-refractivity contribution in [2.75, 3.05) is 19.8 Å². The Morgan fingerprint density at radius 3 is 3.09 bits per heavy atom. The Bertz CT molecular complexity index is 641. The minimum absolute atomic E-state index is 0.0610. The molecule has 2 aromatic rings. The molecule has 0 N–H and O–H groups in total. The van der Waals surface area contributed by atoms with Crippen LogP contribution in [0.2, 0.25) is 0 Å².